The van der Waals surface area contributed by atoms with E-state index in [0.717, 1.165) is 11.3 Å². The molecule has 460 valence electrons. The molecule has 5 aromatic rings. The number of benzene rings is 5. The van der Waals surface area contributed by atoms with Gasteiger partial charge >= 0.3 is 49.4 Å². The van der Waals surface area contributed by atoms with E-state index in [2.05, 4.69) is 13.8 Å². The minimum atomic E-state index is -6.13. The Morgan fingerprint density at radius 2 is 0.542 bits per heavy atom. The van der Waals surface area contributed by atoms with E-state index in [1.807, 2.05) is 30.3 Å². The van der Waals surface area contributed by atoms with E-state index in [0.29, 0.717) is 5.78 Å². The fourth-order valence-corrected chi connectivity index (χ4v) is 11.6. The van der Waals surface area contributed by atoms with Crippen LogP contribution in [0.2, 0.25) is 0 Å². The first-order valence-corrected chi connectivity index (χ1v) is 27.3. The Balaban J connectivity index is 0.000000475. The van der Waals surface area contributed by atoms with Gasteiger partial charge in [0.25, 0.3) is 0 Å². The van der Waals surface area contributed by atoms with Crippen LogP contribution < -0.4 is 21.9 Å². The van der Waals surface area contributed by atoms with Crippen molar-refractivity contribution in [2.75, 3.05) is 17.3 Å². The number of carbonyl (C=O) groups excluding carboxylic acids is 1. The summed E-state index contributed by atoms with van der Waals surface area (Å²) in [6.45, 7) is 4.54. The number of Topliss-reactive ketones (excluding diaryl/α,β-unsaturated/α-hetero) is 1. The third-order valence-electron chi connectivity index (χ3n) is 13.4. The lowest BCUT2D eigenvalue weighted by atomic mass is 9.12. The number of hydrogen-bond acceptors (Lipinski definition) is 1. The summed E-state index contributed by atoms with van der Waals surface area (Å²) in [6.07, 6.45) is -38.6. The van der Waals surface area contributed by atoms with Crippen molar-refractivity contribution in [3.05, 3.63) is 153 Å². The Morgan fingerprint density at radius 3 is 0.759 bits per heavy atom. The van der Waals surface area contributed by atoms with Gasteiger partial charge in [-0.1, -0.05) is 144 Å². The minimum absolute atomic E-state index is 0.281. The Labute approximate surface area is 464 Å². The van der Waals surface area contributed by atoms with E-state index in [9.17, 15) is 110 Å². The molecule has 1 nitrogen and oxygen atoms in total. The number of carbonyl (C=O) groups is 1. The van der Waals surface area contributed by atoms with Gasteiger partial charge in [-0.05, 0) is 60.8 Å². The first kappa shape index (κ1) is 70.0. The highest BCUT2D eigenvalue weighted by molar-refractivity contribution is 7.97. The second kappa shape index (κ2) is 27.7. The second-order valence-electron chi connectivity index (χ2n) is 19.7. The Kier molecular flexibility index (Phi) is 23.4. The maximum Gasteiger partial charge on any atom is 0.416 e. The largest absolute Gasteiger partial charge is 0.416 e. The molecule has 0 saturated heterocycles. The first-order valence-electron chi connectivity index (χ1n) is 25.6. The molecule has 27 heteroatoms. The number of rotatable bonds is 21. The molecule has 0 aliphatic heterocycles. The summed E-state index contributed by atoms with van der Waals surface area (Å²) in [7, 11) is 0.281. The summed E-state index contributed by atoms with van der Waals surface area (Å²) in [6, 6.07) is 1.08. The highest BCUT2D eigenvalue weighted by Gasteiger charge is 2.47. The van der Waals surface area contributed by atoms with E-state index < -0.39 is 195 Å². The van der Waals surface area contributed by atoms with Crippen molar-refractivity contribution in [3.8, 4) is 0 Å². The van der Waals surface area contributed by atoms with Crippen molar-refractivity contribution in [1.82, 2.24) is 0 Å². The third-order valence-corrected chi connectivity index (χ3v) is 15.8. The molecule has 0 heterocycles. The Hall–Kier alpha value is -5.50. The summed E-state index contributed by atoms with van der Waals surface area (Å²) in [5.41, 5.74) is -29.3. The summed E-state index contributed by atoms with van der Waals surface area (Å²) in [4.78, 5) is 12.6. The quantitative estimate of drug-likeness (QED) is 0.0235. The monoisotopic (exact) mass is 1240 g/mol. The van der Waals surface area contributed by atoms with Gasteiger partial charge in [0.2, 0.25) is 5.78 Å². The third kappa shape index (κ3) is 19.8. The molecule has 0 spiro atoms. The number of hydrogen-bond donors (Lipinski definition) is 0. The van der Waals surface area contributed by atoms with Gasteiger partial charge < -0.3 is 0 Å². The average Bonchev–Trinajstić information content (AvgIpc) is 2.34. The maximum absolute atomic E-state index is 14.2. The van der Waals surface area contributed by atoms with Crippen molar-refractivity contribution in [3.63, 3.8) is 0 Å². The average molecular weight is 1240 g/mol. The van der Waals surface area contributed by atoms with Crippen molar-refractivity contribution in [1.29, 1.82) is 0 Å². The van der Waals surface area contributed by atoms with Crippen molar-refractivity contribution >= 4 is 44.7 Å². The fourth-order valence-electron chi connectivity index (χ4n) is 9.38. The van der Waals surface area contributed by atoms with Gasteiger partial charge in [0.1, 0.15) is 17.7 Å². The molecule has 0 radical (unpaired) electrons. The Morgan fingerprint density at radius 1 is 0.325 bits per heavy atom. The summed E-state index contributed by atoms with van der Waals surface area (Å²) >= 11 is 0. The molecule has 0 amide bonds. The first-order chi connectivity index (χ1) is 38.0. The van der Waals surface area contributed by atoms with Crippen molar-refractivity contribution < 1.29 is 110 Å². The lowest BCUT2D eigenvalue weighted by molar-refractivity contribution is -0.144. The minimum Gasteiger partial charge on any atom is -0.289 e. The molecule has 0 saturated carbocycles. The van der Waals surface area contributed by atoms with E-state index in [-0.39, 0.29) is 10.9 Å². The van der Waals surface area contributed by atoms with Crippen molar-refractivity contribution in [2.24, 2.45) is 0 Å². The van der Waals surface area contributed by atoms with Crippen LogP contribution in [0.1, 0.15) is 146 Å². The predicted octanol–water partition coefficient (Wildman–Crippen LogP) is 18.4. The molecule has 0 atom stereocenters. The van der Waals surface area contributed by atoms with Crippen LogP contribution in [0.15, 0.2) is 103 Å². The molecule has 5 aromatic carbocycles. The van der Waals surface area contributed by atoms with Gasteiger partial charge in [-0.3, -0.25) is 4.79 Å². The van der Waals surface area contributed by atoms with Gasteiger partial charge in [-0.15, -0.1) is 0 Å². The lowest BCUT2D eigenvalue weighted by Gasteiger charge is -2.46. The highest BCUT2D eigenvalue weighted by atomic mass is 32.2. The molecular formula is C56H53BF24OS. The van der Waals surface area contributed by atoms with Crippen LogP contribution in [0.5, 0.6) is 0 Å². The van der Waals surface area contributed by atoms with Crippen LogP contribution in [-0.2, 0) is 60.3 Å². The van der Waals surface area contributed by atoms with Crippen LogP contribution in [0.4, 0.5) is 105 Å². The maximum atomic E-state index is 14.2. The lowest BCUT2D eigenvalue weighted by Crippen LogP contribution is -2.75. The van der Waals surface area contributed by atoms with Crippen LogP contribution in [0.25, 0.3) is 0 Å². The molecular weight excluding hydrogens is 1190 g/mol. The molecule has 0 aliphatic rings. The summed E-state index contributed by atoms with van der Waals surface area (Å²) in [5, 5.41) is 0. The van der Waals surface area contributed by atoms with E-state index >= 15 is 0 Å². The molecule has 0 unspecified atom stereocenters. The van der Waals surface area contributed by atoms with Gasteiger partial charge in [-0.25, -0.2) is 0 Å². The molecule has 5 rings (SSSR count). The zero-order chi connectivity index (χ0) is 62.8. The molecule has 0 N–H and O–H groups in total. The zero-order valence-corrected chi connectivity index (χ0v) is 44.7. The number of halogens is 24. The normalized spacial score (nSPS) is 13.3. The molecule has 0 aromatic heterocycles. The van der Waals surface area contributed by atoms with E-state index in [1.165, 1.54) is 88.6 Å². The Bertz CT molecular complexity index is 2440. The predicted molar refractivity (Wildman–Crippen MR) is 270 cm³/mol. The summed E-state index contributed by atoms with van der Waals surface area (Å²) in [5.74, 6) is 3.65. The van der Waals surface area contributed by atoms with Gasteiger partial charge in [0.05, 0.1) is 44.5 Å². The summed E-state index contributed by atoms with van der Waals surface area (Å²) < 4.78 is 341. The second-order valence-corrected chi connectivity index (χ2v) is 22.0. The van der Waals surface area contributed by atoms with E-state index in [4.69, 9.17) is 0 Å². The standard InChI is InChI=1S/C32H12BF24.C24H41OS/c34-25(35,36)13-1-14(26(37,38)39)6-21(5-13)33(22-7-15(27(40,41)42)2-16(8-22)28(43,44)45,23-9-17(29(46,47)48)3-18(10-23)30(49,50)51)24-11-19(31(52,53)54)4-20(12-24)32(55,56)57;1-3-5-7-9-11-16-20-26(21-17-12-10-8-6-4-2)22-24(25)23-18-14-13-15-19-23/h1-12H;13-15,18-19H,3-12,16-17,20-22H2,1-2H3/q-1;+1. The van der Waals surface area contributed by atoms with Gasteiger partial charge in [0, 0.05) is 5.56 Å². The van der Waals surface area contributed by atoms with E-state index in [1.54, 1.807) is 0 Å². The molecule has 83 heavy (non-hydrogen) atoms. The topological polar surface area (TPSA) is 17.1 Å². The fraction of sp³-hybridized carbons (Fsp3) is 0.446. The SMILES string of the molecule is CCCCCCCC[S+](CCCCCCCC)CC(=O)c1ccccc1.FC(F)(F)c1cc([B-](c2cc(C(F)(F)F)cc(C(F)(F)F)c2)(c2cc(C(F)(F)F)cc(C(F)(F)F)c2)c2cc(C(F)(F)F)cc(C(F)(F)F)c2)cc(C(F)(F)F)c1. The highest BCUT2D eigenvalue weighted by Crippen LogP contribution is 2.41. The molecule has 0 fully saturated rings. The zero-order valence-electron chi connectivity index (χ0n) is 43.9. The molecule has 0 aliphatic carbocycles. The number of alkyl halides is 24. The van der Waals surface area contributed by atoms with Crippen LogP contribution >= 0.6 is 0 Å². The van der Waals surface area contributed by atoms with Crippen LogP contribution in [-0.4, -0.2) is 29.2 Å². The van der Waals surface area contributed by atoms with Crippen LogP contribution in [0, 0.1) is 0 Å². The molecule has 0 bridgehead atoms. The van der Waals surface area contributed by atoms with Gasteiger partial charge in [-0.2, -0.15) is 127 Å². The van der Waals surface area contributed by atoms with Gasteiger partial charge in [0.15, 0.2) is 5.75 Å². The smallest absolute Gasteiger partial charge is 0.289 e. The van der Waals surface area contributed by atoms with Crippen molar-refractivity contribution in [2.45, 2.75) is 140 Å². The number of ketones is 1. The number of unbranched alkanes of at least 4 members (excludes halogenated alkanes) is 10. The van der Waals surface area contributed by atoms with Crippen LogP contribution in [0.3, 0.4) is 0 Å².